The van der Waals surface area contributed by atoms with Gasteiger partial charge < -0.3 is 9.47 Å². The molecule has 0 spiro atoms. The van der Waals surface area contributed by atoms with Gasteiger partial charge in [0.05, 0.1) is 11.6 Å². The number of hydrogen-bond acceptors (Lipinski definition) is 2. The topological polar surface area (TPSA) is 18.5 Å². The van der Waals surface area contributed by atoms with Crippen molar-refractivity contribution in [2.45, 2.75) is 0 Å². The van der Waals surface area contributed by atoms with E-state index < -0.39 is 0 Å². The fourth-order valence-corrected chi connectivity index (χ4v) is 1.81. The van der Waals surface area contributed by atoms with Gasteiger partial charge in [0.2, 0.25) is 0 Å². The molecule has 0 saturated carbocycles. The zero-order chi connectivity index (χ0) is 12.3. The predicted molar refractivity (Wildman–Crippen MR) is 67.2 cm³/mol. The lowest BCUT2D eigenvalue weighted by atomic mass is 10.3. The molecule has 2 aromatic rings. The van der Waals surface area contributed by atoms with E-state index in [0.29, 0.717) is 21.7 Å². The first-order valence-corrected chi connectivity index (χ1v) is 5.76. The molecule has 4 heteroatoms. The largest absolute Gasteiger partial charge is 0.493 e. The summed E-state index contributed by atoms with van der Waals surface area (Å²) in [5.41, 5.74) is 0. The molecule has 0 fully saturated rings. The predicted octanol–water partition coefficient (Wildman–Crippen LogP) is 4.39. The van der Waals surface area contributed by atoms with E-state index >= 15 is 0 Å². The number of halogens is 2. The van der Waals surface area contributed by atoms with Gasteiger partial charge in [-0.05, 0) is 46.3 Å². The Bertz CT molecular complexity index is 529. The van der Waals surface area contributed by atoms with Gasteiger partial charge in [-0.3, -0.25) is 0 Å². The molecule has 17 heavy (non-hydrogen) atoms. The molecule has 0 N–H and O–H groups in total. The lowest BCUT2D eigenvalue weighted by molar-refractivity contribution is 0.378. The van der Waals surface area contributed by atoms with E-state index in [1.165, 1.54) is 12.1 Å². The molecule has 0 aromatic heterocycles. The maximum absolute atomic E-state index is 12.9. The third kappa shape index (κ3) is 2.77. The lowest BCUT2D eigenvalue weighted by Crippen LogP contribution is -1.90. The number of ether oxygens (including phenoxy) is 2. The minimum absolute atomic E-state index is 0.316. The fraction of sp³-hybridized carbons (Fsp3) is 0.0769. The molecule has 0 bridgehead atoms. The second kappa shape index (κ2) is 5.19. The van der Waals surface area contributed by atoms with E-state index in [-0.39, 0.29) is 5.82 Å². The van der Waals surface area contributed by atoms with E-state index in [1.807, 2.05) is 12.1 Å². The fourth-order valence-electron chi connectivity index (χ4n) is 1.38. The van der Waals surface area contributed by atoms with Crippen LogP contribution in [-0.4, -0.2) is 7.11 Å². The van der Waals surface area contributed by atoms with E-state index in [4.69, 9.17) is 9.47 Å². The van der Waals surface area contributed by atoms with Crippen molar-refractivity contribution < 1.29 is 13.9 Å². The Morgan fingerprint density at radius 2 is 1.71 bits per heavy atom. The Morgan fingerprint density at radius 1 is 1.00 bits per heavy atom. The summed E-state index contributed by atoms with van der Waals surface area (Å²) < 4.78 is 24.3. The van der Waals surface area contributed by atoms with Gasteiger partial charge in [0.25, 0.3) is 0 Å². The normalized spacial score (nSPS) is 10.1. The minimum Gasteiger partial charge on any atom is -0.493 e. The van der Waals surface area contributed by atoms with Crippen molar-refractivity contribution in [3.05, 3.63) is 52.8 Å². The Balaban J connectivity index is 2.31. The van der Waals surface area contributed by atoms with Crippen LogP contribution >= 0.6 is 15.9 Å². The van der Waals surface area contributed by atoms with Crippen molar-refractivity contribution in [3.8, 4) is 17.2 Å². The number of methoxy groups -OCH3 is 1. The van der Waals surface area contributed by atoms with Gasteiger partial charge in [-0.25, -0.2) is 4.39 Å². The summed E-state index contributed by atoms with van der Waals surface area (Å²) in [4.78, 5) is 0. The molecule has 0 heterocycles. The van der Waals surface area contributed by atoms with Crippen LogP contribution in [0.5, 0.6) is 17.2 Å². The van der Waals surface area contributed by atoms with Crippen LogP contribution in [0.1, 0.15) is 0 Å². The van der Waals surface area contributed by atoms with Crippen LogP contribution in [-0.2, 0) is 0 Å². The Labute approximate surface area is 107 Å². The molecular weight excluding hydrogens is 287 g/mol. The quantitative estimate of drug-likeness (QED) is 0.836. The van der Waals surface area contributed by atoms with Crippen molar-refractivity contribution in [1.29, 1.82) is 0 Å². The first kappa shape index (κ1) is 11.9. The summed E-state index contributed by atoms with van der Waals surface area (Å²) in [6.45, 7) is 0. The standard InChI is InChI=1S/C13H10BrFO2/c1-16-12-4-2-3-5-13(12)17-11-7-6-9(15)8-10(11)14/h2-8H,1H3. The zero-order valence-electron chi connectivity index (χ0n) is 9.11. The molecular formula is C13H10BrFO2. The van der Waals surface area contributed by atoms with E-state index in [0.717, 1.165) is 0 Å². The Morgan fingerprint density at radius 3 is 2.35 bits per heavy atom. The van der Waals surface area contributed by atoms with Crippen molar-refractivity contribution in [2.75, 3.05) is 7.11 Å². The SMILES string of the molecule is COc1ccccc1Oc1ccc(F)cc1Br. The molecule has 88 valence electrons. The number of hydrogen-bond donors (Lipinski definition) is 0. The molecule has 0 atom stereocenters. The van der Waals surface area contributed by atoms with Crippen LogP contribution in [0.2, 0.25) is 0 Å². The van der Waals surface area contributed by atoms with Crippen LogP contribution in [0.25, 0.3) is 0 Å². The van der Waals surface area contributed by atoms with E-state index in [2.05, 4.69) is 15.9 Å². The van der Waals surface area contributed by atoms with Crippen molar-refractivity contribution >= 4 is 15.9 Å². The maximum atomic E-state index is 12.9. The van der Waals surface area contributed by atoms with Crippen molar-refractivity contribution in [2.24, 2.45) is 0 Å². The molecule has 0 aliphatic rings. The highest BCUT2D eigenvalue weighted by Crippen LogP contribution is 2.34. The lowest BCUT2D eigenvalue weighted by Gasteiger charge is -2.11. The Hall–Kier alpha value is -1.55. The third-order valence-corrected chi connectivity index (χ3v) is 2.80. The van der Waals surface area contributed by atoms with Crippen LogP contribution in [0.3, 0.4) is 0 Å². The highest BCUT2D eigenvalue weighted by atomic mass is 79.9. The van der Waals surface area contributed by atoms with Crippen LogP contribution in [0.4, 0.5) is 4.39 Å². The third-order valence-electron chi connectivity index (χ3n) is 2.18. The molecule has 0 aliphatic heterocycles. The summed E-state index contributed by atoms with van der Waals surface area (Å²) in [6.07, 6.45) is 0. The second-order valence-corrected chi connectivity index (χ2v) is 4.18. The van der Waals surface area contributed by atoms with Crippen LogP contribution in [0.15, 0.2) is 46.9 Å². The highest BCUT2D eigenvalue weighted by molar-refractivity contribution is 9.10. The molecule has 0 aliphatic carbocycles. The van der Waals surface area contributed by atoms with Crippen LogP contribution in [0, 0.1) is 5.82 Å². The monoisotopic (exact) mass is 296 g/mol. The molecule has 2 nitrogen and oxygen atoms in total. The summed E-state index contributed by atoms with van der Waals surface area (Å²) in [5.74, 6) is 1.44. The average molecular weight is 297 g/mol. The molecule has 0 saturated heterocycles. The van der Waals surface area contributed by atoms with Gasteiger partial charge in [-0.15, -0.1) is 0 Å². The zero-order valence-corrected chi connectivity index (χ0v) is 10.7. The van der Waals surface area contributed by atoms with E-state index in [9.17, 15) is 4.39 Å². The van der Waals surface area contributed by atoms with Gasteiger partial charge in [0.1, 0.15) is 11.6 Å². The smallest absolute Gasteiger partial charge is 0.169 e. The van der Waals surface area contributed by atoms with Gasteiger partial charge in [0.15, 0.2) is 11.5 Å². The molecule has 0 unspecified atom stereocenters. The minimum atomic E-state index is -0.316. The van der Waals surface area contributed by atoms with Crippen LogP contribution < -0.4 is 9.47 Å². The molecule has 2 rings (SSSR count). The van der Waals surface area contributed by atoms with E-state index in [1.54, 1.807) is 25.3 Å². The number of para-hydroxylation sites is 2. The van der Waals surface area contributed by atoms with Crippen molar-refractivity contribution in [1.82, 2.24) is 0 Å². The first-order valence-electron chi connectivity index (χ1n) is 4.96. The second-order valence-electron chi connectivity index (χ2n) is 3.33. The van der Waals surface area contributed by atoms with Gasteiger partial charge in [-0.2, -0.15) is 0 Å². The summed E-state index contributed by atoms with van der Waals surface area (Å²) in [7, 11) is 1.57. The highest BCUT2D eigenvalue weighted by Gasteiger charge is 2.07. The number of rotatable bonds is 3. The maximum Gasteiger partial charge on any atom is 0.169 e. The van der Waals surface area contributed by atoms with Gasteiger partial charge >= 0.3 is 0 Å². The molecule has 0 amide bonds. The van der Waals surface area contributed by atoms with Gasteiger partial charge in [0, 0.05) is 0 Å². The summed E-state index contributed by atoms with van der Waals surface area (Å²) in [6, 6.07) is 11.5. The summed E-state index contributed by atoms with van der Waals surface area (Å²) in [5, 5.41) is 0. The van der Waals surface area contributed by atoms with Crippen molar-refractivity contribution in [3.63, 3.8) is 0 Å². The molecule has 0 radical (unpaired) electrons. The first-order chi connectivity index (χ1) is 8.20. The number of benzene rings is 2. The average Bonchev–Trinajstić information content (AvgIpc) is 2.33. The molecule has 2 aromatic carbocycles. The summed E-state index contributed by atoms with van der Waals surface area (Å²) >= 11 is 3.25. The Kier molecular flexibility index (Phi) is 3.64. The van der Waals surface area contributed by atoms with Gasteiger partial charge in [-0.1, -0.05) is 12.1 Å².